The van der Waals surface area contributed by atoms with Gasteiger partial charge in [-0.05, 0) is 58.0 Å². The average molecular weight is 484 g/mol. The minimum Gasteiger partial charge on any atom is -0.343 e. The van der Waals surface area contributed by atoms with E-state index in [1.54, 1.807) is 4.90 Å². The molecule has 3 fully saturated rings. The van der Waals surface area contributed by atoms with Gasteiger partial charge in [-0.1, -0.05) is 6.92 Å². The molecule has 0 N–H and O–H groups in total. The van der Waals surface area contributed by atoms with Crippen molar-refractivity contribution in [1.82, 2.24) is 24.1 Å². The molecule has 1 aliphatic carbocycles. The van der Waals surface area contributed by atoms with Crippen LogP contribution in [-0.2, 0) is 10.2 Å². The van der Waals surface area contributed by atoms with Crippen LogP contribution in [0.15, 0.2) is 0 Å². The lowest BCUT2D eigenvalue weighted by atomic mass is 9.77. The molecule has 1 amide bonds. The molecule has 2 saturated heterocycles. The number of hydrogen-bond donors (Lipinski definition) is 0. The summed E-state index contributed by atoms with van der Waals surface area (Å²) in [6, 6.07) is 0.273. The minimum absolute atomic E-state index is 0.0488. The van der Waals surface area contributed by atoms with Crippen molar-refractivity contribution in [2.75, 3.05) is 39.3 Å². The Morgan fingerprint density at radius 1 is 1.12 bits per heavy atom. The number of aromatic nitrogens is 2. The second-order valence-electron chi connectivity index (χ2n) is 10.8. The van der Waals surface area contributed by atoms with Crippen LogP contribution in [0.2, 0.25) is 0 Å². The standard InChI is InChI=1S/C24H39F2N5OS/c1-17(2)29-12-14-30(15-13-29)20-6-5-7-24(25,26)19(20)16-21(32)31-10-8-23(4,9-11-31)22-27-18(3)33-28-22/h17,19-20H,5-16H2,1-4H3/t19?,20-/m0/s1. The van der Waals surface area contributed by atoms with Crippen LogP contribution in [0.3, 0.4) is 0 Å². The lowest BCUT2D eigenvalue weighted by Crippen LogP contribution is -2.58. The van der Waals surface area contributed by atoms with Crippen molar-refractivity contribution < 1.29 is 13.6 Å². The Labute approximate surface area is 200 Å². The molecule has 1 aromatic rings. The van der Waals surface area contributed by atoms with Crippen LogP contribution in [0, 0.1) is 12.8 Å². The maximum absolute atomic E-state index is 15.1. The highest BCUT2D eigenvalue weighted by molar-refractivity contribution is 7.05. The van der Waals surface area contributed by atoms with Gasteiger partial charge in [0.05, 0.1) is 0 Å². The van der Waals surface area contributed by atoms with E-state index >= 15 is 8.78 Å². The van der Waals surface area contributed by atoms with Crippen LogP contribution in [-0.4, -0.2) is 87.2 Å². The zero-order chi connectivity index (χ0) is 23.8. The number of halogens is 2. The van der Waals surface area contributed by atoms with E-state index in [1.807, 2.05) is 6.92 Å². The normalized spacial score (nSPS) is 28.9. The highest BCUT2D eigenvalue weighted by Crippen LogP contribution is 2.43. The van der Waals surface area contributed by atoms with Gasteiger partial charge >= 0.3 is 0 Å². The fourth-order valence-corrected chi connectivity index (χ4v) is 6.46. The summed E-state index contributed by atoms with van der Waals surface area (Å²) in [6.07, 6.45) is 2.71. The topological polar surface area (TPSA) is 52.6 Å². The molecule has 2 atom stereocenters. The summed E-state index contributed by atoms with van der Waals surface area (Å²) in [7, 11) is 0. The molecule has 2 aliphatic heterocycles. The third kappa shape index (κ3) is 5.40. The molecule has 1 aromatic heterocycles. The molecule has 0 bridgehead atoms. The molecule has 186 valence electrons. The van der Waals surface area contributed by atoms with Crippen LogP contribution in [0.4, 0.5) is 8.78 Å². The zero-order valence-corrected chi connectivity index (χ0v) is 21.3. The number of carbonyl (C=O) groups is 1. The van der Waals surface area contributed by atoms with Crippen molar-refractivity contribution >= 4 is 17.4 Å². The van der Waals surface area contributed by atoms with Crippen molar-refractivity contribution in [3.63, 3.8) is 0 Å². The molecule has 1 saturated carbocycles. The number of nitrogens with zero attached hydrogens (tertiary/aromatic N) is 5. The summed E-state index contributed by atoms with van der Waals surface area (Å²) in [5, 5.41) is 0.949. The van der Waals surface area contributed by atoms with Gasteiger partial charge in [-0.3, -0.25) is 14.6 Å². The summed E-state index contributed by atoms with van der Waals surface area (Å²) in [4.78, 5) is 24.2. The van der Waals surface area contributed by atoms with E-state index in [2.05, 4.69) is 39.9 Å². The molecule has 0 radical (unpaired) electrons. The third-order valence-electron chi connectivity index (χ3n) is 8.25. The van der Waals surface area contributed by atoms with Crippen LogP contribution in [0.5, 0.6) is 0 Å². The Hall–Kier alpha value is -1.19. The largest absolute Gasteiger partial charge is 0.343 e. The van der Waals surface area contributed by atoms with Gasteiger partial charge < -0.3 is 4.90 Å². The van der Waals surface area contributed by atoms with Crippen molar-refractivity contribution in [2.45, 2.75) is 89.6 Å². The summed E-state index contributed by atoms with van der Waals surface area (Å²) >= 11 is 1.41. The Bertz CT molecular complexity index is 816. The molecule has 0 spiro atoms. The highest BCUT2D eigenvalue weighted by Gasteiger charge is 2.50. The quantitative estimate of drug-likeness (QED) is 0.635. The molecule has 1 unspecified atom stereocenters. The van der Waals surface area contributed by atoms with Crippen LogP contribution >= 0.6 is 11.5 Å². The number of hydrogen-bond acceptors (Lipinski definition) is 6. The number of carbonyl (C=O) groups excluding carboxylic acids is 1. The molecule has 0 aromatic carbocycles. The van der Waals surface area contributed by atoms with Gasteiger partial charge in [-0.2, -0.15) is 4.37 Å². The van der Waals surface area contributed by atoms with Gasteiger partial charge in [0, 0.05) is 75.5 Å². The Morgan fingerprint density at radius 3 is 2.36 bits per heavy atom. The Kier molecular flexibility index (Phi) is 7.41. The van der Waals surface area contributed by atoms with E-state index < -0.39 is 11.8 Å². The summed E-state index contributed by atoms with van der Waals surface area (Å²) in [5.41, 5.74) is -0.144. The van der Waals surface area contributed by atoms with Crippen LogP contribution < -0.4 is 0 Å². The first-order valence-corrected chi connectivity index (χ1v) is 13.3. The minimum atomic E-state index is -2.78. The number of alkyl halides is 2. The molecule has 3 aliphatic rings. The average Bonchev–Trinajstić information content (AvgIpc) is 3.22. The van der Waals surface area contributed by atoms with E-state index in [0.717, 1.165) is 56.3 Å². The lowest BCUT2D eigenvalue weighted by Gasteiger charge is -2.47. The van der Waals surface area contributed by atoms with Gasteiger partial charge in [0.25, 0.3) is 5.92 Å². The number of aryl methyl sites for hydroxylation is 1. The zero-order valence-electron chi connectivity index (χ0n) is 20.5. The van der Waals surface area contributed by atoms with E-state index in [0.29, 0.717) is 25.6 Å². The van der Waals surface area contributed by atoms with Gasteiger partial charge in [-0.15, -0.1) is 0 Å². The monoisotopic (exact) mass is 483 g/mol. The maximum Gasteiger partial charge on any atom is 0.252 e. The van der Waals surface area contributed by atoms with Crippen molar-refractivity contribution in [3.05, 3.63) is 10.8 Å². The van der Waals surface area contributed by atoms with Crippen LogP contribution in [0.1, 0.15) is 70.1 Å². The maximum atomic E-state index is 15.1. The smallest absolute Gasteiger partial charge is 0.252 e. The molecule has 33 heavy (non-hydrogen) atoms. The van der Waals surface area contributed by atoms with Crippen molar-refractivity contribution in [1.29, 1.82) is 0 Å². The number of piperazine rings is 1. The molecule has 3 heterocycles. The second-order valence-corrected chi connectivity index (χ2v) is 11.7. The first-order chi connectivity index (χ1) is 15.6. The fraction of sp³-hybridized carbons (Fsp3) is 0.875. The van der Waals surface area contributed by atoms with E-state index in [1.165, 1.54) is 11.5 Å². The second kappa shape index (κ2) is 9.82. The molecule has 9 heteroatoms. The summed E-state index contributed by atoms with van der Waals surface area (Å²) in [6.45, 7) is 13.1. The van der Waals surface area contributed by atoms with Gasteiger partial charge in [-0.25, -0.2) is 13.8 Å². The number of piperidine rings is 1. The first kappa shape index (κ1) is 24.9. The van der Waals surface area contributed by atoms with Crippen molar-refractivity contribution in [3.8, 4) is 0 Å². The van der Waals surface area contributed by atoms with Gasteiger partial charge in [0.15, 0.2) is 0 Å². The summed E-state index contributed by atoms with van der Waals surface area (Å²) in [5.74, 6) is -2.92. The summed E-state index contributed by atoms with van der Waals surface area (Å²) < 4.78 is 34.8. The van der Waals surface area contributed by atoms with E-state index in [9.17, 15) is 4.79 Å². The van der Waals surface area contributed by atoms with Gasteiger partial charge in [0.2, 0.25) is 5.91 Å². The molecule has 4 rings (SSSR count). The Balaban J connectivity index is 1.38. The lowest BCUT2D eigenvalue weighted by molar-refractivity contribution is -0.151. The number of rotatable bonds is 5. The van der Waals surface area contributed by atoms with E-state index in [-0.39, 0.29) is 30.2 Å². The fourth-order valence-electron chi connectivity index (χ4n) is 5.86. The van der Waals surface area contributed by atoms with Gasteiger partial charge in [0.1, 0.15) is 10.8 Å². The molecular formula is C24H39F2N5OS. The predicted molar refractivity (Wildman–Crippen MR) is 127 cm³/mol. The number of amides is 1. The Morgan fingerprint density at radius 2 is 1.79 bits per heavy atom. The number of likely N-dealkylation sites (tertiary alicyclic amines) is 1. The van der Waals surface area contributed by atoms with Crippen molar-refractivity contribution in [2.24, 2.45) is 5.92 Å². The molecule has 6 nitrogen and oxygen atoms in total. The highest BCUT2D eigenvalue weighted by atomic mass is 32.1. The third-order valence-corrected chi connectivity index (χ3v) is 8.87. The molecular weight excluding hydrogens is 444 g/mol. The SMILES string of the molecule is Cc1nc(C2(C)CCN(C(=O)CC3[C@@H](N4CCN(C(C)C)CC4)CCCC3(F)F)CC2)ns1. The first-order valence-electron chi connectivity index (χ1n) is 12.5. The van der Waals surface area contributed by atoms with Crippen LogP contribution in [0.25, 0.3) is 0 Å². The predicted octanol–water partition coefficient (Wildman–Crippen LogP) is 3.95. The van der Waals surface area contributed by atoms with E-state index in [4.69, 9.17) is 0 Å².